The highest BCUT2D eigenvalue weighted by Gasteiger charge is 2.30. The molecule has 0 N–H and O–H groups in total. The number of hydrogen-bond donors (Lipinski definition) is 0. The van der Waals surface area contributed by atoms with Gasteiger partial charge in [0.1, 0.15) is 12.4 Å². The van der Waals surface area contributed by atoms with Crippen molar-refractivity contribution >= 4 is 39.8 Å². The molecule has 9 heteroatoms. The molecule has 0 bridgehead atoms. The minimum Gasteiger partial charge on any atom is -0.462 e. The molecule has 39 heavy (non-hydrogen) atoms. The van der Waals surface area contributed by atoms with Crippen LogP contribution < -0.4 is 14.5 Å². The topological polar surface area (TPSA) is 65.0 Å². The Kier molecular flexibility index (Phi) is 7.32. The Hall–Kier alpha value is -3.36. The predicted octanol–water partition coefficient (Wildman–Crippen LogP) is 4.50. The van der Waals surface area contributed by atoms with Crippen LogP contribution in [-0.4, -0.2) is 78.2 Å². The van der Waals surface area contributed by atoms with Crippen molar-refractivity contribution < 1.29 is 9.53 Å². The summed E-state index contributed by atoms with van der Waals surface area (Å²) in [5, 5.41) is 2.94. The number of likely N-dealkylation sites (tertiary alicyclic amines) is 1. The van der Waals surface area contributed by atoms with E-state index in [4.69, 9.17) is 26.3 Å². The average Bonchev–Trinajstić information content (AvgIpc) is 3.39. The Morgan fingerprint density at radius 3 is 2.74 bits per heavy atom. The summed E-state index contributed by atoms with van der Waals surface area (Å²) < 4.78 is 6.26. The molecular formula is C30H35ClN6O2. The predicted molar refractivity (Wildman–Crippen MR) is 156 cm³/mol. The van der Waals surface area contributed by atoms with Gasteiger partial charge in [-0.15, -0.1) is 0 Å². The molecule has 4 heterocycles. The number of fused-ring (bicyclic) bond motifs is 2. The number of halogens is 1. The standard InChI is InChI=1S/C30H35ClN6O2/c1-3-27(38)36-15-7-16-37(20-36)29-23-13-17-35(26-12-5-9-21-8-4-11-24(31)28(21)26)18-25(23)32-30(33-29)39-19-22-10-6-14-34(22)2/h3-5,8-9,11-12,22H,1,6-7,10,13-20H2,2H3/t22-/m0/s1. The molecule has 1 aromatic heterocycles. The third kappa shape index (κ3) is 5.15. The summed E-state index contributed by atoms with van der Waals surface area (Å²) in [5.41, 5.74) is 3.22. The van der Waals surface area contributed by atoms with Crippen molar-refractivity contribution in [2.75, 3.05) is 56.3 Å². The molecule has 3 aliphatic heterocycles. The van der Waals surface area contributed by atoms with Crippen LogP contribution in [0.15, 0.2) is 49.1 Å². The van der Waals surface area contributed by atoms with E-state index in [0.29, 0.717) is 31.9 Å². The molecule has 204 valence electrons. The number of hydrogen-bond acceptors (Lipinski definition) is 7. The zero-order valence-electron chi connectivity index (χ0n) is 22.5. The Balaban J connectivity index is 1.34. The fraction of sp³-hybridized carbons (Fsp3) is 0.433. The van der Waals surface area contributed by atoms with Crippen LogP contribution in [-0.2, 0) is 17.8 Å². The van der Waals surface area contributed by atoms with E-state index in [1.807, 2.05) is 17.0 Å². The van der Waals surface area contributed by atoms with Crippen LogP contribution >= 0.6 is 11.6 Å². The SMILES string of the molecule is C=CC(=O)N1CCCN(c2nc(OC[C@@H]3CCCN3C)nc3c2CCN(c2cccc4cccc(Cl)c24)C3)C1. The molecule has 1 amide bonds. The fourth-order valence-corrected chi connectivity index (χ4v) is 6.38. The number of nitrogens with zero attached hydrogens (tertiary/aromatic N) is 6. The first-order chi connectivity index (χ1) is 19.0. The van der Waals surface area contributed by atoms with E-state index >= 15 is 0 Å². The molecule has 0 saturated carbocycles. The van der Waals surface area contributed by atoms with E-state index in [-0.39, 0.29) is 5.91 Å². The van der Waals surface area contributed by atoms with Crippen LogP contribution in [0, 0.1) is 0 Å². The van der Waals surface area contributed by atoms with Crippen LogP contribution in [0.3, 0.4) is 0 Å². The van der Waals surface area contributed by atoms with Gasteiger partial charge < -0.3 is 24.3 Å². The molecule has 1 atom stereocenters. The van der Waals surface area contributed by atoms with Gasteiger partial charge in [0.05, 0.1) is 23.9 Å². The molecular weight excluding hydrogens is 512 g/mol. The van der Waals surface area contributed by atoms with E-state index in [2.05, 4.69) is 52.6 Å². The number of amides is 1. The molecule has 3 aliphatic rings. The van der Waals surface area contributed by atoms with Gasteiger partial charge in [-0.05, 0) is 62.9 Å². The number of rotatable bonds is 6. The summed E-state index contributed by atoms with van der Waals surface area (Å²) in [5.74, 6) is 0.828. The first kappa shape index (κ1) is 25.9. The minimum atomic E-state index is -0.0534. The van der Waals surface area contributed by atoms with Crippen molar-refractivity contribution in [3.8, 4) is 6.01 Å². The van der Waals surface area contributed by atoms with Gasteiger partial charge in [-0.2, -0.15) is 9.97 Å². The summed E-state index contributed by atoms with van der Waals surface area (Å²) in [6.07, 6.45) is 5.36. The quantitative estimate of drug-likeness (QED) is 0.422. The number of carbonyl (C=O) groups excluding carboxylic acids is 1. The number of ether oxygens (including phenoxy) is 1. The molecule has 0 radical (unpaired) electrons. The molecule has 2 saturated heterocycles. The first-order valence-corrected chi connectivity index (χ1v) is 14.2. The maximum atomic E-state index is 12.4. The first-order valence-electron chi connectivity index (χ1n) is 13.8. The highest BCUT2D eigenvalue weighted by Crippen LogP contribution is 2.37. The molecule has 2 fully saturated rings. The van der Waals surface area contributed by atoms with Crippen molar-refractivity contribution in [1.82, 2.24) is 19.8 Å². The van der Waals surface area contributed by atoms with Crippen molar-refractivity contribution in [3.05, 3.63) is 65.3 Å². The van der Waals surface area contributed by atoms with E-state index < -0.39 is 0 Å². The molecule has 0 unspecified atom stereocenters. The maximum Gasteiger partial charge on any atom is 0.318 e. The van der Waals surface area contributed by atoms with Crippen molar-refractivity contribution in [2.24, 2.45) is 0 Å². The van der Waals surface area contributed by atoms with Crippen LogP contribution in [0.1, 0.15) is 30.5 Å². The Morgan fingerprint density at radius 1 is 1.10 bits per heavy atom. The highest BCUT2D eigenvalue weighted by molar-refractivity contribution is 6.36. The van der Waals surface area contributed by atoms with Crippen LogP contribution in [0.25, 0.3) is 10.8 Å². The zero-order chi connectivity index (χ0) is 26.9. The van der Waals surface area contributed by atoms with E-state index in [1.165, 1.54) is 12.5 Å². The Bertz CT molecular complexity index is 1390. The highest BCUT2D eigenvalue weighted by atomic mass is 35.5. The Morgan fingerprint density at radius 2 is 1.95 bits per heavy atom. The van der Waals surface area contributed by atoms with Crippen molar-refractivity contribution in [3.63, 3.8) is 0 Å². The maximum absolute atomic E-state index is 12.4. The van der Waals surface area contributed by atoms with Gasteiger partial charge >= 0.3 is 6.01 Å². The molecule has 6 rings (SSSR count). The van der Waals surface area contributed by atoms with E-state index in [0.717, 1.165) is 84.0 Å². The molecule has 0 aliphatic carbocycles. The second-order valence-electron chi connectivity index (χ2n) is 10.7. The third-order valence-electron chi connectivity index (χ3n) is 8.25. The van der Waals surface area contributed by atoms with E-state index in [1.54, 1.807) is 0 Å². The van der Waals surface area contributed by atoms with Crippen molar-refractivity contribution in [2.45, 2.75) is 38.3 Å². The lowest BCUT2D eigenvalue weighted by atomic mass is 10.0. The summed E-state index contributed by atoms with van der Waals surface area (Å²) in [6, 6.07) is 13.1. The summed E-state index contributed by atoms with van der Waals surface area (Å²) in [4.78, 5) is 31.0. The second-order valence-corrected chi connectivity index (χ2v) is 11.1. The van der Waals surface area contributed by atoms with Crippen LogP contribution in [0.5, 0.6) is 6.01 Å². The summed E-state index contributed by atoms with van der Waals surface area (Å²) in [7, 11) is 2.15. The van der Waals surface area contributed by atoms with Gasteiger partial charge in [0, 0.05) is 42.3 Å². The number of carbonyl (C=O) groups is 1. The molecule has 8 nitrogen and oxygen atoms in total. The number of anilines is 2. The van der Waals surface area contributed by atoms with Crippen molar-refractivity contribution in [1.29, 1.82) is 0 Å². The lowest BCUT2D eigenvalue weighted by molar-refractivity contribution is -0.126. The Labute approximate surface area is 234 Å². The number of aromatic nitrogens is 2. The molecule has 2 aromatic carbocycles. The fourth-order valence-electron chi connectivity index (χ4n) is 6.10. The van der Waals surface area contributed by atoms with E-state index in [9.17, 15) is 4.79 Å². The van der Waals surface area contributed by atoms with Crippen LogP contribution in [0.4, 0.5) is 11.5 Å². The smallest absolute Gasteiger partial charge is 0.318 e. The average molecular weight is 547 g/mol. The summed E-state index contributed by atoms with van der Waals surface area (Å²) in [6.45, 7) is 8.84. The van der Waals surface area contributed by atoms with Crippen LogP contribution in [0.2, 0.25) is 5.02 Å². The normalized spacial score (nSPS) is 19.8. The summed E-state index contributed by atoms with van der Waals surface area (Å²) >= 11 is 6.68. The minimum absolute atomic E-state index is 0.0534. The molecule has 0 spiro atoms. The number of benzene rings is 2. The van der Waals surface area contributed by atoms with Gasteiger partial charge in [0.2, 0.25) is 5.91 Å². The lowest BCUT2D eigenvalue weighted by Gasteiger charge is -2.38. The van der Waals surface area contributed by atoms with Gasteiger partial charge in [-0.25, -0.2) is 0 Å². The van der Waals surface area contributed by atoms with Gasteiger partial charge in [0.15, 0.2) is 0 Å². The van der Waals surface area contributed by atoms with Gasteiger partial charge in [-0.1, -0.05) is 42.4 Å². The van der Waals surface area contributed by atoms with Gasteiger partial charge in [0.25, 0.3) is 0 Å². The second kappa shape index (κ2) is 11.0. The molecule has 3 aromatic rings. The largest absolute Gasteiger partial charge is 0.462 e. The lowest BCUT2D eigenvalue weighted by Crippen LogP contribution is -2.48. The van der Waals surface area contributed by atoms with Gasteiger partial charge in [-0.3, -0.25) is 4.79 Å². The number of likely N-dealkylation sites (N-methyl/N-ethyl adjacent to an activating group) is 1. The third-order valence-corrected chi connectivity index (χ3v) is 8.57. The zero-order valence-corrected chi connectivity index (χ0v) is 23.2. The monoisotopic (exact) mass is 546 g/mol.